The van der Waals surface area contributed by atoms with Gasteiger partial charge in [-0.25, -0.2) is 0 Å². The molecule has 0 aliphatic heterocycles. The van der Waals surface area contributed by atoms with E-state index in [0.29, 0.717) is 5.92 Å². The number of hydrogen-bond acceptors (Lipinski definition) is 2. The molecule has 0 fully saturated rings. The predicted molar refractivity (Wildman–Crippen MR) is 56.3 cm³/mol. The molecule has 1 N–H and O–H groups in total. The van der Waals surface area contributed by atoms with Gasteiger partial charge in [0.05, 0.1) is 5.69 Å². The molecule has 1 rings (SSSR count). The lowest BCUT2D eigenvalue weighted by Gasteiger charge is -2.00. The minimum Gasteiger partial charge on any atom is -0.464 e. The van der Waals surface area contributed by atoms with Crippen molar-refractivity contribution in [1.82, 2.24) is 0 Å². The largest absolute Gasteiger partial charge is 0.464 e. The SMILES string of the molecule is CCCNc1cc(C(C)C)oc1C. The maximum atomic E-state index is 5.61. The van der Waals surface area contributed by atoms with E-state index in [4.69, 9.17) is 4.42 Å². The van der Waals surface area contributed by atoms with E-state index in [1.54, 1.807) is 0 Å². The van der Waals surface area contributed by atoms with Crippen LogP contribution >= 0.6 is 0 Å². The number of hydrogen-bond donors (Lipinski definition) is 1. The average molecular weight is 181 g/mol. The molecule has 1 aromatic rings. The standard InChI is InChI=1S/C11H19NO/c1-5-6-12-10-7-11(8(2)3)13-9(10)4/h7-8,12H,5-6H2,1-4H3. The molecule has 0 atom stereocenters. The van der Waals surface area contributed by atoms with Crippen LogP contribution in [0.3, 0.4) is 0 Å². The summed E-state index contributed by atoms with van der Waals surface area (Å²) in [4.78, 5) is 0. The maximum Gasteiger partial charge on any atom is 0.124 e. The van der Waals surface area contributed by atoms with E-state index in [2.05, 4.69) is 32.2 Å². The second-order valence-electron chi connectivity index (χ2n) is 3.70. The van der Waals surface area contributed by atoms with Gasteiger partial charge in [-0.05, 0) is 13.3 Å². The Bertz CT molecular complexity index is 263. The van der Waals surface area contributed by atoms with Crippen molar-refractivity contribution in [3.05, 3.63) is 17.6 Å². The number of rotatable bonds is 4. The third-order valence-electron chi connectivity index (χ3n) is 2.07. The highest BCUT2D eigenvalue weighted by Gasteiger charge is 2.08. The molecular weight excluding hydrogens is 162 g/mol. The summed E-state index contributed by atoms with van der Waals surface area (Å²) in [5.74, 6) is 2.53. The van der Waals surface area contributed by atoms with E-state index < -0.39 is 0 Å². The molecule has 0 amide bonds. The van der Waals surface area contributed by atoms with Gasteiger partial charge in [0.15, 0.2) is 0 Å². The van der Waals surface area contributed by atoms with Crippen molar-refractivity contribution in [3.63, 3.8) is 0 Å². The second-order valence-corrected chi connectivity index (χ2v) is 3.70. The van der Waals surface area contributed by atoms with Gasteiger partial charge in [-0.1, -0.05) is 20.8 Å². The molecule has 0 saturated carbocycles. The summed E-state index contributed by atoms with van der Waals surface area (Å²) in [5, 5.41) is 3.34. The summed E-state index contributed by atoms with van der Waals surface area (Å²) in [6.45, 7) is 9.46. The Morgan fingerprint density at radius 1 is 1.46 bits per heavy atom. The van der Waals surface area contributed by atoms with Gasteiger partial charge in [0.1, 0.15) is 11.5 Å². The van der Waals surface area contributed by atoms with Gasteiger partial charge in [0.2, 0.25) is 0 Å². The third kappa shape index (κ3) is 2.51. The van der Waals surface area contributed by atoms with Crippen LogP contribution < -0.4 is 5.32 Å². The highest BCUT2D eigenvalue weighted by Crippen LogP contribution is 2.25. The molecule has 0 unspecified atom stereocenters. The monoisotopic (exact) mass is 181 g/mol. The van der Waals surface area contributed by atoms with Gasteiger partial charge in [-0.15, -0.1) is 0 Å². The smallest absolute Gasteiger partial charge is 0.124 e. The molecule has 1 heterocycles. The second kappa shape index (κ2) is 4.35. The van der Waals surface area contributed by atoms with E-state index in [1.807, 2.05) is 6.92 Å². The van der Waals surface area contributed by atoms with Crippen LogP contribution in [-0.2, 0) is 0 Å². The first-order chi connectivity index (χ1) is 6.15. The van der Waals surface area contributed by atoms with Crippen molar-refractivity contribution >= 4 is 5.69 Å². The molecule has 74 valence electrons. The predicted octanol–water partition coefficient (Wildman–Crippen LogP) is 3.53. The molecule has 0 saturated heterocycles. The fraction of sp³-hybridized carbons (Fsp3) is 0.636. The van der Waals surface area contributed by atoms with E-state index in [-0.39, 0.29) is 0 Å². The summed E-state index contributed by atoms with van der Waals surface area (Å²) in [6.07, 6.45) is 1.14. The van der Waals surface area contributed by atoms with Crippen molar-refractivity contribution in [3.8, 4) is 0 Å². The van der Waals surface area contributed by atoms with Crippen LogP contribution in [0.2, 0.25) is 0 Å². The van der Waals surface area contributed by atoms with Crippen molar-refractivity contribution in [1.29, 1.82) is 0 Å². The van der Waals surface area contributed by atoms with Crippen molar-refractivity contribution in [2.45, 2.75) is 40.0 Å². The normalized spacial score (nSPS) is 10.8. The van der Waals surface area contributed by atoms with Gasteiger partial charge in [-0.2, -0.15) is 0 Å². The fourth-order valence-corrected chi connectivity index (χ4v) is 1.22. The Kier molecular flexibility index (Phi) is 3.40. The van der Waals surface area contributed by atoms with Crippen molar-refractivity contribution in [2.24, 2.45) is 0 Å². The Morgan fingerprint density at radius 2 is 2.15 bits per heavy atom. The van der Waals surface area contributed by atoms with Gasteiger partial charge >= 0.3 is 0 Å². The van der Waals surface area contributed by atoms with Crippen LogP contribution in [0.15, 0.2) is 10.5 Å². The van der Waals surface area contributed by atoms with E-state index in [1.165, 1.54) is 0 Å². The summed E-state index contributed by atoms with van der Waals surface area (Å²) >= 11 is 0. The zero-order valence-electron chi connectivity index (χ0n) is 8.98. The quantitative estimate of drug-likeness (QED) is 0.768. The van der Waals surface area contributed by atoms with Gasteiger partial charge < -0.3 is 9.73 Å². The minimum atomic E-state index is 0.468. The third-order valence-corrected chi connectivity index (χ3v) is 2.07. The van der Waals surface area contributed by atoms with E-state index in [0.717, 1.165) is 30.2 Å². The molecule has 0 aliphatic rings. The van der Waals surface area contributed by atoms with E-state index in [9.17, 15) is 0 Å². The lowest BCUT2D eigenvalue weighted by atomic mass is 10.1. The number of nitrogens with one attached hydrogen (secondary N) is 1. The molecule has 2 nitrogen and oxygen atoms in total. The minimum absolute atomic E-state index is 0.468. The van der Waals surface area contributed by atoms with Crippen LogP contribution in [0.25, 0.3) is 0 Å². The molecule has 2 heteroatoms. The van der Waals surface area contributed by atoms with Gasteiger partial charge in [-0.3, -0.25) is 0 Å². The topological polar surface area (TPSA) is 25.2 Å². The number of anilines is 1. The zero-order valence-corrected chi connectivity index (χ0v) is 8.98. The lowest BCUT2D eigenvalue weighted by Crippen LogP contribution is -1.99. The summed E-state index contributed by atoms with van der Waals surface area (Å²) < 4.78 is 5.61. The lowest BCUT2D eigenvalue weighted by molar-refractivity contribution is 0.464. The number of furan rings is 1. The van der Waals surface area contributed by atoms with Gasteiger partial charge in [0.25, 0.3) is 0 Å². The highest BCUT2D eigenvalue weighted by molar-refractivity contribution is 5.48. The first kappa shape index (κ1) is 10.2. The molecule has 1 aromatic heterocycles. The molecule has 0 radical (unpaired) electrons. The highest BCUT2D eigenvalue weighted by atomic mass is 16.3. The molecular formula is C11H19NO. The molecule has 0 aromatic carbocycles. The Labute approximate surface area is 80.3 Å². The van der Waals surface area contributed by atoms with Crippen molar-refractivity contribution < 1.29 is 4.42 Å². The van der Waals surface area contributed by atoms with Crippen LogP contribution in [0.1, 0.15) is 44.6 Å². The fourth-order valence-electron chi connectivity index (χ4n) is 1.22. The van der Waals surface area contributed by atoms with Crippen LogP contribution in [0.4, 0.5) is 5.69 Å². The summed E-state index contributed by atoms with van der Waals surface area (Å²) in [5.41, 5.74) is 1.14. The Hall–Kier alpha value is -0.920. The average Bonchev–Trinajstić information content (AvgIpc) is 2.44. The zero-order chi connectivity index (χ0) is 9.84. The van der Waals surface area contributed by atoms with Crippen LogP contribution in [-0.4, -0.2) is 6.54 Å². The van der Waals surface area contributed by atoms with Crippen LogP contribution in [0.5, 0.6) is 0 Å². The van der Waals surface area contributed by atoms with Crippen LogP contribution in [0, 0.1) is 6.92 Å². The molecule has 13 heavy (non-hydrogen) atoms. The Morgan fingerprint density at radius 3 is 2.62 bits per heavy atom. The first-order valence-corrected chi connectivity index (χ1v) is 4.99. The van der Waals surface area contributed by atoms with E-state index >= 15 is 0 Å². The molecule has 0 aliphatic carbocycles. The summed E-state index contributed by atoms with van der Waals surface area (Å²) in [7, 11) is 0. The van der Waals surface area contributed by atoms with Crippen molar-refractivity contribution in [2.75, 3.05) is 11.9 Å². The van der Waals surface area contributed by atoms with Gasteiger partial charge in [0, 0.05) is 18.5 Å². The molecule has 0 spiro atoms. The first-order valence-electron chi connectivity index (χ1n) is 4.99. The molecule has 0 bridgehead atoms. The maximum absolute atomic E-state index is 5.61. The number of aryl methyl sites for hydroxylation is 1. The summed E-state index contributed by atoms with van der Waals surface area (Å²) in [6, 6.07) is 2.11. The Balaban J connectivity index is 2.71.